The van der Waals surface area contributed by atoms with E-state index in [1.165, 1.54) is 39.2 Å². The molecule has 1 atom stereocenters. The highest BCUT2D eigenvalue weighted by atomic mass is 79.9. The number of benzene rings is 2. The molecule has 0 fully saturated rings. The highest BCUT2D eigenvalue weighted by Crippen LogP contribution is 2.22. The second-order valence-corrected chi connectivity index (χ2v) is 9.78. The fraction of sp³-hybridized carbons (Fsp3) is 0.238. The molecule has 7 nitrogen and oxygen atoms in total. The second kappa shape index (κ2) is 10.0. The number of anilines is 1. The Morgan fingerprint density at radius 2 is 1.77 bits per heavy atom. The van der Waals surface area contributed by atoms with Crippen molar-refractivity contribution in [1.29, 1.82) is 0 Å². The summed E-state index contributed by atoms with van der Waals surface area (Å²) in [7, 11) is -0.788. The van der Waals surface area contributed by atoms with Gasteiger partial charge in [0.15, 0.2) is 6.10 Å². The molecule has 1 amide bonds. The van der Waals surface area contributed by atoms with Crippen molar-refractivity contribution in [2.45, 2.75) is 24.8 Å². The molecule has 1 unspecified atom stereocenters. The van der Waals surface area contributed by atoms with Crippen LogP contribution in [0.1, 0.15) is 18.1 Å². The van der Waals surface area contributed by atoms with Crippen molar-refractivity contribution in [2.24, 2.45) is 0 Å². The standard InChI is InChI=1S/C21H23BrN2O5S/c1-14-5-11-18(30(27,28)24(3)4)13-19(14)23-21(26)15(2)29-20(25)12-8-16-6-9-17(22)10-7-16/h5-13,15H,1-4H3,(H,23,26)/b12-8+. The third-order valence-corrected chi connectivity index (χ3v) is 6.53. The molecule has 0 saturated carbocycles. The summed E-state index contributed by atoms with van der Waals surface area (Å²) in [6.07, 6.45) is 1.75. The first-order valence-corrected chi connectivity index (χ1v) is 11.2. The quantitative estimate of drug-likeness (QED) is 0.468. The summed E-state index contributed by atoms with van der Waals surface area (Å²) in [5, 5.41) is 2.62. The van der Waals surface area contributed by atoms with Crippen molar-refractivity contribution in [2.75, 3.05) is 19.4 Å². The lowest BCUT2D eigenvalue weighted by Crippen LogP contribution is -2.30. The van der Waals surface area contributed by atoms with Crippen LogP contribution in [0.4, 0.5) is 5.69 Å². The minimum atomic E-state index is -3.64. The van der Waals surface area contributed by atoms with Gasteiger partial charge in [0.05, 0.1) is 4.90 Å². The molecular formula is C21H23BrN2O5S. The Kier molecular flexibility index (Phi) is 7.94. The lowest BCUT2D eigenvalue weighted by atomic mass is 10.2. The third-order valence-electron chi connectivity index (χ3n) is 4.19. The normalized spacial score (nSPS) is 12.7. The van der Waals surface area contributed by atoms with Crippen molar-refractivity contribution in [3.05, 3.63) is 64.1 Å². The third kappa shape index (κ3) is 6.25. The largest absolute Gasteiger partial charge is 0.449 e. The first-order chi connectivity index (χ1) is 14.0. The molecule has 9 heteroatoms. The average Bonchev–Trinajstić information content (AvgIpc) is 2.68. The van der Waals surface area contributed by atoms with Gasteiger partial charge in [0.25, 0.3) is 5.91 Å². The lowest BCUT2D eigenvalue weighted by molar-refractivity contribution is -0.148. The number of hydrogen-bond acceptors (Lipinski definition) is 5. The SMILES string of the molecule is Cc1ccc(S(=O)(=O)N(C)C)cc1NC(=O)C(C)OC(=O)/C=C/c1ccc(Br)cc1. The van der Waals surface area contributed by atoms with Crippen LogP contribution in [0.15, 0.2) is 57.9 Å². The number of sulfonamides is 1. The molecule has 0 saturated heterocycles. The molecule has 2 rings (SSSR count). The molecule has 0 aromatic heterocycles. The number of ether oxygens (including phenoxy) is 1. The van der Waals surface area contributed by atoms with Crippen LogP contribution in [0.5, 0.6) is 0 Å². The van der Waals surface area contributed by atoms with E-state index in [0.29, 0.717) is 11.3 Å². The zero-order valence-electron chi connectivity index (χ0n) is 17.0. The van der Waals surface area contributed by atoms with E-state index in [2.05, 4.69) is 21.2 Å². The van der Waals surface area contributed by atoms with E-state index in [0.717, 1.165) is 14.3 Å². The lowest BCUT2D eigenvalue weighted by Gasteiger charge is -2.16. The van der Waals surface area contributed by atoms with Gasteiger partial charge in [0, 0.05) is 30.3 Å². The Bertz CT molecular complexity index is 1060. The van der Waals surface area contributed by atoms with E-state index in [-0.39, 0.29) is 4.90 Å². The molecular weight excluding hydrogens is 472 g/mol. The summed E-state index contributed by atoms with van der Waals surface area (Å²) < 4.78 is 31.7. The van der Waals surface area contributed by atoms with Gasteiger partial charge >= 0.3 is 5.97 Å². The fourth-order valence-corrected chi connectivity index (χ4v) is 3.54. The van der Waals surface area contributed by atoms with E-state index in [1.807, 2.05) is 24.3 Å². The molecule has 2 aromatic carbocycles. The van der Waals surface area contributed by atoms with Gasteiger partial charge in [-0.3, -0.25) is 4.79 Å². The van der Waals surface area contributed by atoms with Crippen LogP contribution in [0.25, 0.3) is 6.08 Å². The minimum absolute atomic E-state index is 0.0514. The van der Waals surface area contributed by atoms with Gasteiger partial charge in [-0.2, -0.15) is 0 Å². The maximum atomic E-state index is 12.4. The van der Waals surface area contributed by atoms with Crippen molar-refractivity contribution >= 4 is 49.6 Å². The molecule has 0 aliphatic rings. The van der Waals surface area contributed by atoms with Crippen LogP contribution in [0.2, 0.25) is 0 Å². The number of esters is 1. The van der Waals surface area contributed by atoms with E-state index in [1.54, 1.807) is 19.1 Å². The van der Waals surface area contributed by atoms with Crippen LogP contribution in [-0.4, -0.2) is 44.8 Å². The van der Waals surface area contributed by atoms with Crippen LogP contribution >= 0.6 is 15.9 Å². The molecule has 0 heterocycles. The first-order valence-electron chi connectivity index (χ1n) is 8.99. The molecule has 0 aliphatic carbocycles. The van der Waals surface area contributed by atoms with Crippen LogP contribution < -0.4 is 5.32 Å². The number of carbonyl (C=O) groups is 2. The van der Waals surface area contributed by atoms with Crippen LogP contribution in [-0.2, 0) is 24.3 Å². The van der Waals surface area contributed by atoms with E-state index >= 15 is 0 Å². The average molecular weight is 495 g/mol. The zero-order valence-corrected chi connectivity index (χ0v) is 19.5. The highest BCUT2D eigenvalue weighted by Gasteiger charge is 2.21. The van der Waals surface area contributed by atoms with Gasteiger partial charge in [-0.1, -0.05) is 34.1 Å². The molecule has 30 heavy (non-hydrogen) atoms. The Labute approximate surface area is 184 Å². The predicted molar refractivity (Wildman–Crippen MR) is 119 cm³/mol. The van der Waals surface area contributed by atoms with Gasteiger partial charge in [-0.15, -0.1) is 0 Å². The summed E-state index contributed by atoms with van der Waals surface area (Å²) >= 11 is 3.33. The number of halogens is 1. The van der Waals surface area contributed by atoms with E-state index in [9.17, 15) is 18.0 Å². The topological polar surface area (TPSA) is 92.8 Å². The van der Waals surface area contributed by atoms with Gasteiger partial charge in [0.2, 0.25) is 10.0 Å². The maximum Gasteiger partial charge on any atom is 0.331 e. The molecule has 160 valence electrons. The number of aryl methyl sites for hydroxylation is 1. The van der Waals surface area contributed by atoms with Gasteiger partial charge in [0.1, 0.15) is 0 Å². The molecule has 0 aliphatic heterocycles. The molecule has 1 N–H and O–H groups in total. The van der Waals surface area contributed by atoms with Crippen LogP contribution in [0.3, 0.4) is 0 Å². The van der Waals surface area contributed by atoms with Gasteiger partial charge < -0.3 is 10.1 Å². The Morgan fingerprint density at radius 3 is 2.37 bits per heavy atom. The number of rotatable bonds is 7. The van der Waals surface area contributed by atoms with Crippen molar-refractivity contribution in [3.63, 3.8) is 0 Å². The predicted octanol–water partition coefficient (Wildman–Crippen LogP) is 3.59. The highest BCUT2D eigenvalue weighted by molar-refractivity contribution is 9.10. The molecule has 0 bridgehead atoms. The number of nitrogens with zero attached hydrogens (tertiary/aromatic N) is 1. The minimum Gasteiger partial charge on any atom is -0.449 e. The summed E-state index contributed by atoms with van der Waals surface area (Å²) in [6.45, 7) is 3.18. The molecule has 0 radical (unpaired) electrons. The van der Waals surface area contributed by atoms with Crippen molar-refractivity contribution in [1.82, 2.24) is 4.31 Å². The van der Waals surface area contributed by atoms with Crippen LogP contribution in [0, 0.1) is 6.92 Å². The van der Waals surface area contributed by atoms with Crippen molar-refractivity contribution < 1.29 is 22.7 Å². The van der Waals surface area contributed by atoms with Gasteiger partial charge in [-0.25, -0.2) is 17.5 Å². The first kappa shape index (κ1) is 23.8. The monoisotopic (exact) mass is 494 g/mol. The van der Waals surface area contributed by atoms with E-state index < -0.39 is 28.0 Å². The number of hydrogen-bond donors (Lipinski definition) is 1. The van der Waals surface area contributed by atoms with Gasteiger partial charge in [-0.05, 0) is 55.3 Å². The Morgan fingerprint density at radius 1 is 1.13 bits per heavy atom. The smallest absolute Gasteiger partial charge is 0.331 e. The molecule has 0 spiro atoms. The molecule has 2 aromatic rings. The number of nitrogens with one attached hydrogen (secondary N) is 1. The zero-order chi connectivity index (χ0) is 22.5. The number of carbonyl (C=O) groups excluding carboxylic acids is 2. The summed E-state index contributed by atoms with van der Waals surface area (Å²) in [4.78, 5) is 24.5. The summed E-state index contributed by atoms with van der Waals surface area (Å²) in [6, 6.07) is 11.8. The van der Waals surface area contributed by atoms with Crippen molar-refractivity contribution in [3.8, 4) is 0 Å². The summed E-state index contributed by atoms with van der Waals surface area (Å²) in [5.74, 6) is -1.23. The Balaban J connectivity index is 2.05. The summed E-state index contributed by atoms with van der Waals surface area (Å²) in [5.41, 5.74) is 1.81. The Hall–Kier alpha value is -2.49. The second-order valence-electron chi connectivity index (χ2n) is 6.72. The van der Waals surface area contributed by atoms with E-state index in [4.69, 9.17) is 4.74 Å². The fourth-order valence-electron chi connectivity index (χ4n) is 2.35. The number of amides is 1. The maximum absolute atomic E-state index is 12.4.